The molecule has 0 unspecified atom stereocenters. The van der Waals surface area contributed by atoms with Crippen molar-refractivity contribution in [3.63, 3.8) is 0 Å². The zero-order valence-electron chi connectivity index (χ0n) is 10.3. The van der Waals surface area contributed by atoms with Crippen LogP contribution in [0.1, 0.15) is 31.2 Å². The average Bonchev–Trinajstić information content (AvgIpc) is 2.41. The van der Waals surface area contributed by atoms with E-state index >= 15 is 0 Å². The number of nitriles is 1. The van der Waals surface area contributed by atoms with E-state index in [-0.39, 0.29) is 17.0 Å². The van der Waals surface area contributed by atoms with Gasteiger partial charge in [-0.2, -0.15) is 5.26 Å². The molecule has 0 heterocycles. The molecule has 100 valence electrons. The van der Waals surface area contributed by atoms with Gasteiger partial charge in [-0.3, -0.25) is 10.1 Å². The first kappa shape index (κ1) is 13.3. The van der Waals surface area contributed by atoms with Crippen LogP contribution in [0.4, 0.5) is 5.69 Å². The van der Waals surface area contributed by atoms with E-state index in [4.69, 9.17) is 10.00 Å². The van der Waals surface area contributed by atoms with Crippen molar-refractivity contribution in [2.24, 2.45) is 0 Å². The molecule has 1 aliphatic rings. The summed E-state index contributed by atoms with van der Waals surface area (Å²) < 4.78 is 5.56. The van der Waals surface area contributed by atoms with Crippen LogP contribution < -0.4 is 4.74 Å². The van der Waals surface area contributed by atoms with E-state index in [0.717, 1.165) is 12.8 Å². The van der Waals surface area contributed by atoms with Gasteiger partial charge >= 0.3 is 5.69 Å². The number of aliphatic hydroxyl groups is 1. The summed E-state index contributed by atoms with van der Waals surface area (Å²) in [5.41, 5.74) is -0.0277. The molecule has 19 heavy (non-hydrogen) atoms. The molecule has 2 atom stereocenters. The molecule has 0 amide bonds. The molecule has 6 heteroatoms. The standard InChI is InChI=1S/C13H14N2O4/c14-8-9-5-6-12(10(7-9)15(17)18)19-13-4-2-1-3-11(13)16/h5-7,11,13,16H,1-4H2/t11-,13+/m0/s1. The molecular weight excluding hydrogens is 248 g/mol. The SMILES string of the molecule is N#Cc1ccc(O[C@@H]2CCCC[C@@H]2O)c([N+](=O)[O-])c1. The first-order valence-electron chi connectivity index (χ1n) is 6.15. The van der Waals surface area contributed by atoms with E-state index in [1.54, 1.807) is 0 Å². The molecule has 1 aromatic carbocycles. The van der Waals surface area contributed by atoms with Gasteiger partial charge < -0.3 is 9.84 Å². The Hall–Kier alpha value is -2.13. The molecule has 0 radical (unpaired) electrons. The van der Waals surface area contributed by atoms with Gasteiger partial charge in [-0.15, -0.1) is 0 Å². The lowest BCUT2D eigenvalue weighted by Crippen LogP contribution is -2.34. The Kier molecular flexibility index (Phi) is 3.97. The summed E-state index contributed by atoms with van der Waals surface area (Å²) in [6.07, 6.45) is 2.19. The van der Waals surface area contributed by atoms with Crippen LogP contribution in [0.15, 0.2) is 18.2 Å². The molecule has 0 aromatic heterocycles. The molecule has 0 saturated heterocycles. The van der Waals surface area contributed by atoms with E-state index in [2.05, 4.69) is 0 Å². The van der Waals surface area contributed by atoms with Crippen molar-refractivity contribution in [3.05, 3.63) is 33.9 Å². The van der Waals surface area contributed by atoms with Crippen molar-refractivity contribution in [2.75, 3.05) is 0 Å². The molecule has 0 aliphatic heterocycles. The van der Waals surface area contributed by atoms with E-state index in [1.807, 2.05) is 6.07 Å². The van der Waals surface area contributed by atoms with Crippen LogP contribution in [0.25, 0.3) is 0 Å². The summed E-state index contributed by atoms with van der Waals surface area (Å²) in [5.74, 6) is 0.106. The Morgan fingerprint density at radius 3 is 2.79 bits per heavy atom. The second-order valence-corrected chi connectivity index (χ2v) is 4.56. The van der Waals surface area contributed by atoms with Crippen LogP contribution >= 0.6 is 0 Å². The fourth-order valence-corrected chi connectivity index (χ4v) is 2.21. The van der Waals surface area contributed by atoms with Gasteiger partial charge in [0.1, 0.15) is 6.10 Å². The van der Waals surface area contributed by atoms with Gasteiger partial charge in [0.15, 0.2) is 5.75 Å². The molecule has 0 spiro atoms. The normalized spacial score (nSPS) is 22.5. The minimum absolute atomic E-state index is 0.106. The zero-order chi connectivity index (χ0) is 13.8. The van der Waals surface area contributed by atoms with Crippen LogP contribution in [0, 0.1) is 21.4 Å². The highest BCUT2D eigenvalue weighted by molar-refractivity contribution is 5.51. The third-order valence-corrected chi connectivity index (χ3v) is 3.23. The molecule has 2 rings (SSSR count). The Bertz CT molecular complexity index is 524. The van der Waals surface area contributed by atoms with Gasteiger partial charge in [-0.1, -0.05) is 6.42 Å². The molecule has 1 N–H and O–H groups in total. The summed E-state index contributed by atoms with van der Waals surface area (Å²) in [4.78, 5) is 10.4. The Balaban J connectivity index is 2.24. The number of ether oxygens (including phenoxy) is 1. The van der Waals surface area contributed by atoms with Crippen LogP contribution in [0.5, 0.6) is 5.75 Å². The topological polar surface area (TPSA) is 96.4 Å². The van der Waals surface area contributed by atoms with E-state index in [0.29, 0.717) is 12.8 Å². The monoisotopic (exact) mass is 262 g/mol. The predicted octanol–water partition coefficient (Wildman–Crippen LogP) is 2.15. The predicted molar refractivity (Wildman–Crippen MR) is 66.7 cm³/mol. The highest BCUT2D eigenvalue weighted by Crippen LogP contribution is 2.31. The Morgan fingerprint density at radius 1 is 1.42 bits per heavy atom. The second-order valence-electron chi connectivity index (χ2n) is 4.56. The van der Waals surface area contributed by atoms with Crippen molar-refractivity contribution in [3.8, 4) is 11.8 Å². The van der Waals surface area contributed by atoms with E-state index in [1.165, 1.54) is 18.2 Å². The third-order valence-electron chi connectivity index (χ3n) is 3.23. The highest BCUT2D eigenvalue weighted by Gasteiger charge is 2.27. The number of nitro benzene ring substituents is 1. The highest BCUT2D eigenvalue weighted by atomic mass is 16.6. The minimum Gasteiger partial charge on any atom is -0.481 e. The van der Waals surface area contributed by atoms with Crippen molar-refractivity contribution in [2.45, 2.75) is 37.9 Å². The molecule has 1 fully saturated rings. The maximum absolute atomic E-state index is 11.0. The quantitative estimate of drug-likeness (QED) is 0.665. The summed E-state index contributed by atoms with van der Waals surface area (Å²) in [5, 5.41) is 29.5. The lowest BCUT2D eigenvalue weighted by atomic mass is 9.95. The molecule has 1 aliphatic carbocycles. The first-order valence-corrected chi connectivity index (χ1v) is 6.15. The number of nitrogens with zero attached hydrogens (tertiary/aromatic N) is 2. The number of benzene rings is 1. The number of hydrogen-bond donors (Lipinski definition) is 1. The van der Waals surface area contributed by atoms with Crippen molar-refractivity contribution >= 4 is 5.69 Å². The van der Waals surface area contributed by atoms with Gasteiger partial charge in [0.05, 0.1) is 22.7 Å². The fourth-order valence-electron chi connectivity index (χ4n) is 2.21. The number of aliphatic hydroxyl groups excluding tert-OH is 1. The molecule has 1 saturated carbocycles. The van der Waals surface area contributed by atoms with Crippen LogP contribution in [-0.2, 0) is 0 Å². The number of hydrogen-bond acceptors (Lipinski definition) is 5. The largest absolute Gasteiger partial charge is 0.481 e. The van der Waals surface area contributed by atoms with Crippen molar-refractivity contribution in [1.82, 2.24) is 0 Å². The number of rotatable bonds is 3. The van der Waals surface area contributed by atoms with Crippen LogP contribution in [-0.4, -0.2) is 22.2 Å². The molecule has 6 nitrogen and oxygen atoms in total. The summed E-state index contributed by atoms with van der Waals surface area (Å²) in [6.45, 7) is 0. The van der Waals surface area contributed by atoms with Gasteiger partial charge in [-0.05, 0) is 31.4 Å². The summed E-state index contributed by atoms with van der Waals surface area (Å²) in [6, 6.07) is 5.92. The summed E-state index contributed by atoms with van der Waals surface area (Å²) >= 11 is 0. The van der Waals surface area contributed by atoms with E-state index < -0.39 is 17.1 Å². The average molecular weight is 262 g/mol. The van der Waals surface area contributed by atoms with E-state index in [9.17, 15) is 15.2 Å². The number of nitro groups is 1. The van der Waals surface area contributed by atoms with Crippen LogP contribution in [0.3, 0.4) is 0 Å². The lowest BCUT2D eigenvalue weighted by molar-refractivity contribution is -0.386. The molecule has 1 aromatic rings. The van der Waals surface area contributed by atoms with Gasteiger partial charge in [-0.25, -0.2) is 0 Å². The Morgan fingerprint density at radius 2 is 2.16 bits per heavy atom. The van der Waals surface area contributed by atoms with Crippen molar-refractivity contribution in [1.29, 1.82) is 5.26 Å². The van der Waals surface area contributed by atoms with Gasteiger partial charge in [0.25, 0.3) is 0 Å². The maximum atomic E-state index is 11.0. The van der Waals surface area contributed by atoms with Crippen molar-refractivity contribution < 1.29 is 14.8 Å². The first-order chi connectivity index (χ1) is 9.11. The lowest BCUT2D eigenvalue weighted by Gasteiger charge is -2.27. The second kappa shape index (κ2) is 5.67. The van der Waals surface area contributed by atoms with Gasteiger partial charge in [0, 0.05) is 6.07 Å². The smallest absolute Gasteiger partial charge is 0.312 e. The summed E-state index contributed by atoms with van der Waals surface area (Å²) in [7, 11) is 0. The zero-order valence-corrected chi connectivity index (χ0v) is 10.3. The fraction of sp³-hybridized carbons (Fsp3) is 0.462. The minimum atomic E-state index is -0.594. The third kappa shape index (κ3) is 3.01. The maximum Gasteiger partial charge on any atom is 0.312 e. The Labute approximate surface area is 110 Å². The molecule has 0 bridgehead atoms. The van der Waals surface area contributed by atoms with Gasteiger partial charge in [0.2, 0.25) is 0 Å². The molecular formula is C13H14N2O4. The van der Waals surface area contributed by atoms with Crippen LogP contribution in [0.2, 0.25) is 0 Å².